The highest BCUT2D eigenvalue weighted by atomic mass is 35.5. The molecule has 0 N–H and O–H groups in total. The Labute approximate surface area is 45.8 Å². The molecule has 0 spiro atoms. The Morgan fingerprint density at radius 3 is 2.14 bits per heavy atom. The topological polar surface area (TPSA) is 0 Å². The molecular weight excluding hydrogens is 121 g/mol. The van der Waals surface area contributed by atoms with Crippen molar-refractivity contribution in [1.29, 1.82) is 0 Å². The third-order valence-corrected chi connectivity index (χ3v) is 0.833. The van der Waals surface area contributed by atoms with Crippen molar-refractivity contribution >= 4 is 11.6 Å². The zero-order valence-electron chi connectivity index (χ0n) is 3.63. The van der Waals surface area contributed by atoms with Gasteiger partial charge in [-0.05, 0) is 6.08 Å². The van der Waals surface area contributed by atoms with Gasteiger partial charge >= 0.3 is 0 Å². The predicted octanol–water partition coefficient (Wildman–Crippen LogP) is 2.05. The van der Waals surface area contributed by atoms with Crippen molar-refractivity contribution < 1.29 is 8.78 Å². The molecule has 0 saturated carbocycles. The summed E-state index contributed by atoms with van der Waals surface area (Å²) in [4.78, 5) is 0. The Balaban J connectivity index is 3.58. The smallest absolute Gasteiger partial charge is 0.201 e. The summed E-state index contributed by atoms with van der Waals surface area (Å²) in [5.74, 6) is -3.57. The summed E-state index contributed by atoms with van der Waals surface area (Å²) < 4.78 is 23.3. The van der Waals surface area contributed by atoms with E-state index < -0.39 is 11.8 Å². The summed E-state index contributed by atoms with van der Waals surface area (Å²) in [6.45, 7) is 2.87. The highest BCUT2D eigenvalue weighted by molar-refractivity contribution is 6.18. The van der Waals surface area contributed by atoms with E-state index in [9.17, 15) is 8.78 Å². The van der Waals surface area contributed by atoms with Crippen LogP contribution in [0.1, 0.15) is 0 Å². The number of hydrogen-bond donors (Lipinski definition) is 0. The molecule has 0 unspecified atom stereocenters. The van der Waals surface area contributed by atoms with E-state index >= 15 is 0 Å². The molecule has 0 amide bonds. The lowest BCUT2D eigenvalue weighted by molar-refractivity contribution is 0.0818. The molecule has 0 fully saturated rings. The number of alkyl halides is 3. The number of hydrogen-bond acceptors (Lipinski definition) is 0. The maximum Gasteiger partial charge on any atom is 0.279 e. The summed E-state index contributed by atoms with van der Waals surface area (Å²) in [6.07, 6.45) is 0.528. The van der Waals surface area contributed by atoms with Crippen molar-refractivity contribution in [2.24, 2.45) is 0 Å². The van der Waals surface area contributed by atoms with Crippen LogP contribution in [0.15, 0.2) is 12.7 Å². The van der Waals surface area contributed by atoms with Crippen molar-refractivity contribution in [3.8, 4) is 0 Å². The van der Waals surface area contributed by atoms with Crippen molar-refractivity contribution in [2.45, 2.75) is 5.92 Å². The van der Waals surface area contributed by atoms with Crippen LogP contribution in [0.5, 0.6) is 0 Å². The molecule has 0 aromatic carbocycles. The first-order valence-corrected chi connectivity index (χ1v) is 2.23. The SMILES string of the molecule is C=CC(F)(F)CCl. The average Bonchev–Trinajstić information content (AvgIpc) is 1.68. The Hall–Kier alpha value is -0.110. The van der Waals surface area contributed by atoms with Crippen LogP contribution in [0.25, 0.3) is 0 Å². The Morgan fingerprint density at radius 2 is 2.14 bits per heavy atom. The maximum atomic E-state index is 11.6. The first-order valence-electron chi connectivity index (χ1n) is 1.70. The summed E-state index contributed by atoms with van der Waals surface area (Å²) in [7, 11) is 0. The molecular formula is C4H5ClF2. The summed E-state index contributed by atoms with van der Waals surface area (Å²) in [5.41, 5.74) is 0. The molecule has 0 atom stereocenters. The fourth-order valence-electron chi connectivity index (χ4n) is 0.0546. The largest absolute Gasteiger partial charge is 0.279 e. The molecule has 0 saturated heterocycles. The molecule has 0 radical (unpaired) electrons. The number of halogens is 3. The van der Waals surface area contributed by atoms with Gasteiger partial charge in [-0.25, -0.2) is 8.78 Å². The molecule has 0 aliphatic rings. The van der Waals surface area contributed by atoms with Gasteiger partial charge in [-0.1, -0.05) is 6.58 Å². The molecule has 0 aromatic heterocycles. The monoisotopic (exact) mass is 126 g/mol. The maximum absolute atomic E-state index is 11.6. The van der Waals surface area contributed by atoms with Crippen molar-refractivity contribution in [1.82, 2.24) is 0 Å². The van der Waals surface area contributed by atoms with E-state index in [1.807, 2.05) is 0 Å². The fourth-order valence-corrected chi connectivity index (χ4v) is 0.164. The molecule has 0 rings (SSSR count). The van der Waals surface area contributed by atoms with Crippen LogP contribution in [0, 0.1) is 0 Å². The van der Waals surface area contributed by atoms with Crippen LogP contribution >= 0.6 is 11.6 Å². The second-order valence-electron chi connectivity index (χ2n) is 1.10. The zero-order valence-corrected chi connectivity index (χ0v) is 4.38. The van der Waals surface area contributed by atoms with Gasteiger partial charge in [0.1, 0.15) is 0 Å². The lowest BCUT2D eigenvalue weighted by Gasteiger charge is -2.02. The first-order chi connectivity index (χ1) is 3.12. The van der Waals surface area contributed by atoms with Gasteiger partial charge in [-0.15, -0.1) is 11.6 Å². The predicted molar refractivity (Wildman–Crippen MR) is 25.9 cm³/mol. The van der Waals surface area contributed by atoms with E-state index in [1.165, 1.54) is 0 Å². The minimum Gasteiger partial charge on any atom is -0.201 e. The fraction of sp³-hybridized carbons (Fsp3) is 0.500. The van der Waals surface area contributed by atoms with Gasteiger partial charge in [0.25, 0.3) is 5.92 Å². The summed E-state index contributed by atoms with van der Waals surface area (Å²) >= 11 is 4.77. The highest BCUT2D eigenvalue weighted by Gasteiger charge is 2.21. The Kier molecular flexibility index (Phi) is 2.23. The van der Waals surface area contributed by atoms with Gasteiger partial charge < -0.3 is 0 Å². The summed E-state index contributed by atoms with van der Waals surface area (Å²) in [5, 5.41) is 0. The normalized spacial score (nSPS) is 11.3. The minimum atomic E-state index is -2.89. The van der Waals surface area contributed by atoms with Crippen molar-refractivity contribution in [3.63, 3.8) is 0 Å². The van der Waals surface area contributed by atoms with Crippen LogP contribution in [0.3, 0.4) is 0 Å². The van der Waals surface area contributed by atoms with Gasteiger partial charge in [-0.2, -0.15) is 0 Å². The molecule has 0 aromatic rings. The molecule has 0 heterocycles. The minimum absolute atomic E-state index is 0.528. The first kappa shape index (κ1) is 6.89. The molecule has 3 heteroatoms. The molecule has 0 aliphatic carbocycles. The number of rotatable bonds is 2. The lowest BCUT2D eigenvalue weighted by atomic mass is 10.4. The van der Waals surface area contributed by atoms with E-state index in [0.717, 1.165) is 0 Å². The molecule has 0 bridgehead atoms. The second kappa shape index (κ2) is 2.26. The third-order valence-electron chi connectivity index (χ3n) is 0.477. The third kappa shape index (κ3) is 2.57. The van der Waals surface area contributed by atoms with Gasteiger partial charge in [-0.3, -0.25) is 0 Å². The Bertz CT molecular complexity index is 70.1. The van der Waals surface area contributed by atoms with E-state index in [0.29, 0.717) is 6.08 Å². The average molecular weight is 127 g/mol. The molecule has 0 nitrogen and oxygen atoms in total. The van der Waals surface area contributed by atoms with Crippen LogP contribution < -0.4 is 0 Å². The Morgan fingerprint density at radius 1 is 1.71 bits per heavy atom. The van der Waals surface area contributed by atoms with E-state index in [2.05, 4.69) is 6.58 Å². The van der Waals surface area contributed by atoms with Gasteiger partial charge in [0.15, 0.2) is 0 Å². The van der Waals surface area contributed by atoms with Crippen LogP contribution in [0.4, 0.5) is 8.78 Å². The van der Waals surface area contributed by atoms with Gasteiger partial charge in [0.05, 0.1) is 5.88 Å². The second-order valence-corrected chi connectivity index (χ2v) is 1.37. The van der Waals surface area contributed by atoms with Crippen LogP contribution in [-0.2, 0) is 0 Å². The standard InChI is InChI=1S/C4H5ClF2/c1-2-4(6,7)3-5/h2H,1,3H2. The van der Waals surface area contributed by atoms with E-state index in [-0.39, 0.29) is 0 Å². The van der Waals surface area contributed by atoms with E-state index in [1.54, 1.807) is 0 Å². The van der Waals surface area contributed by atoms with Gasteiger partial charge in [0.2, 0.25) is 0 Å². The molecule has 7 heavy (non-hydrogen) atoms. The molecule has 0 aliphatic heterocycles. The quantitative estimate of drug-likeness (QED) is 0.392. The van der Waals surface area contributed by atoms with Crippen molar-refractivity contribution in [3.05, 3.63) is 12.7 Å². The van der Waals surface area contributed by atoms with Gasteiger partial charge in [0, 0.05) is 0 Å². The highest BCUT2D eigenvalue weighted by Crippen LogP contribution is 2.14. The van der Waals surface area contributed by atoms with Crippen molar-refractivity contribution in [2.75, 3.05) is 5.88 Å². The molecule has 42 valence electrons. The lowest BCUT2D eigenvalue weighted by Crippen LogP contribution is -2.12. The number of allylic oxidation sites excluding steroid dienone is 1. The zero-order chi connectivity index (χ0) is 5.91. The van der Waals surface area contributed by atoms with Crippen LogP contribution in [-0.4, -0.2) is 11.8 Å². The summed E-state index contributed by atoms with van der Waals surface area (Å²) in [6, 6.07) is 0. The van der Waals surface area contributed by atoms with E-state index in [4.69, 9.17) is 11.6 Å². The van der Waals surface area contributed by atoms with Crippen LogP contribution in [0.2, 0.25) is 0 Å².